The predicted octanol–water partition coefficient (Wildman–Crippen LogP) is 3.74. The minimum Gasteiger partial charge on any atom is -0.381 e. The maximum Gasteiger partial charge on any atom is 0.233 e. The van der Waals surface area contributed by atoms with Gasteiger partial charge in [0.15, 0.2) is 5.78 Å². The van der Waals surface area contributed by atoms with Crippen LogP contribution in [-0.4, -0.2) is 35.1 Å². The Morgan fingerprint density at radius 3 is 2.40 bits per heavy atom. The molecule has 0 aromatic heterocycles. The Hall–Kier alpha value is -1.53. The van der Waals surface area contributed by atoms with Crippen LogP contribution in [0.2, 0.25) is 0 Å². The third-order valence-electron chi connectivity index (χ3n) is 4.25. The quantitative estimate of drug-likeness (QED) is 0.571. The highest BCUT2D eigenvalue weighted by atomic mass is 32.2. The average Bonchev–Trinajstić information content (AvgIpc) is 2.60. The van der Waals surface area contributed by atoms with Gasteiger partial charge < -0.3 is 5.32 Å². The number of benzene rings is 1. The first-order valence-electron chi connectivity index (χ1n) is 8.99. The van der Waals surface area contributed by atoms with Crippen LogP contribution < -0.4 is 10.0 Å². The third-order valence-corrected chi connectivity index (χ3v) is 5.13. The van der Waals surface area contributed by atoms with Gasteiger partial charge in [-0.25, -0.2) is 4.31 Å². The molecule has 1 amide bonds. The summed E-state index contributed by atoms with van der Waals surface area (Å²) in [6.07, 6.45) is 2.19. The summed E-state index contributed by atoms with van der Waals surface area (Å²) in [4.78, 5) is 23.7. The van der Waals surface area contributed by atoms with Crippen molar-refractivity contribution in [2.75, 3.05) is 18.4 Å². The Morgan fingerprint density at radius 2 is 1.80 bits per heavy atom. The molecule has 1 saturated heterocycles. The Kier molecular flexibility index (Phi) is 7.32. The van der Waals surface area contributed by atoms with E-state index in [1.165, 1.54) is 12.1 Å². The van der Waals surface area contributed by atoms with Gasteiger partial charge in [-0.1, -0.05) is 27.7 Å². The van der Waals surface area contributed by atoms with E-state index in [0.29, 0.717) is 6.04 Å². The van der Waals surface area contributed by atoms with Crippen LogP contribution in [0.15, 0.2) is 24.3 Å². The number of ketones is 1. The number of rotatable bonds is 7. The molecule has 0 spiro atoms. The maximum absolute atomic E-state index is 12.0. The maximum atomic E-state index is 12.0. The number of nitrogens with one attached hydrogen (secondary N) is 2. The molecular formula is C19H29N3O2S. The Labute approximate surface area is 155 Å². The molecular weight excluding hydrogens is 334 g/mol. The molecule has 25 heavy (non-hydrogen) atoms. The van der Waals surface area contributed by atoms with Crippen LogP contribution >= 0.6 is 12.1 Å². The monoisotopic (exact) mass is 363 g/mol. The van der Waals surface area contributed by atoms with Gasteiger partial charge in [-0.05, 0) is 37.1 Å². The number of carbonyl (C=O) groups excluding carboxylic acids is 2. The lowest BCUT2D eigenvalue weighted by Gasteiger charge is -2.32. The van der Waals surface area contributed by atoms with Crippen molar-refractivity contribution in [2.24, 2.45) is 11.8 Å². The summed E-state index contributed by atoms with van der Waals surface area (Å²) in [5.41, 5.74) is 1.79. The van der Waals surface area contributed by atoms with Crippen LogP contribution in [0.3, 0.4) is 0 Å². The van der Waals surface area contributed by atoms with Crippen molar-refractivity contribution in [1.29, 1.82) is 0 Å². The topological polar surface area (TPSA) is 61.4 Å². The Morgan fingerprint density at radius 1 is 1.12 bits per heavy atom. The molecule has 5 nitrogen and oxygen atoms in total. The van der Waals surface area contributed by atoms with Gasteiger partial charge in [0.2, 0.25) is 5.91 Å². The second-order valence-electron chi connectivity index (χ2n) is 7.18. The number of nitrogens with zero attached hydrogens (tertiary/aromatic N) is 1. The third kappa shape index (κ3) is 6.04. The summed E-state index contributed by atoms with van der Waals surface area (Å²) in [5, 5.41) is 3.54. The van der Waals surface area contributed by atoms with Gasteiger partial charge in [0.25, 0.3) is 0 Å². The van der Waals surface area contributed by atoms with E-state index in [1.54, 1.807) is 0 Å². The normalized spacial score (nSPS) is 18.4. The van der Waals surface area contributed by atoms with Gasteiger partial charge in [-0.15, -0.1) is 0 Å². The molecule has 1 heterocycles. The number of hydrogen-bond acceptors (Lipinski definition) is 5. The smallest absolute Gasteiger partial charge is 0.233 e. The highest BCUT2D eigenvalue weighted by Crippen LogP contribution is 2.21. The number of amides is 1. The lowest BCUT2D eigenvalue weighted by atomic mass is 10.0. The molecule has 2 rings (SSSR count). The zero-order valence-corrected chi connectivity index (χ0v) is 16.4. The van der Waals surface area contributed by atoms with Gasteiger partial charge in [-0.3, -0.25) is 14.3 Å². The van der Waals surface area contributed by atoms with E-state index < -0.39 is 0 Å². The summed E-state index contributed by atoms with van der Waals surface area (Å²) in [6.45, 7) is 9.47. The van der Waals surface area contributed by atoms with Crippen molar-refractivity contribution in [2.45, 2.75) is 46.6 Å². The van der Waals surface area contributed by atoms with Crippen LogP contribution in [0, 0.1) is 11.8 Å². The van der Waals surface area contributed by atoms with E-state index in [1.807, 2.05) is 52.0 Å². The number of piperidine rings is 1. The van der Waals surface area contributed by atoms with Crippen LogP contribution in [0.5, 0.6) is 0 Å². The second-order valence-corrected chi connectivity index (χ2v) is 8.08. The van der Waals surface area contributed by atoms with Gasteiger partial charge in [-0.2, -0.15) is 0 Å². The molecule has 0 saturated carbocycles. The SMILES string of the molecule is CC(C)C(=O)NSN1CCCC(Nc2ccc(C(=O)C(C)C)cc2)C1. The summed E-state index contributed by atoms with van der Waals surface area (Å²) >= 11 is 1.41. The molecule has 0 bridgehead atoms. The van der Waals surface area contributed by atoms with Gasteiger partial charge in [0, 0.05) is 54.4 Å². The number of hydrogen-bond donors (Lipinski definition) is 2. The molecule has 1 aliphatic rings. The molecule has 2 N–H and O–H groups in total. The minimum atomic E-state index is -0.00160. The van der Waals surface area contributed by atoms with Gasteiger partial charge >= 0.3 is 0 Å². The summed E-state index contributed by atoms with van der Waals surface area (Å²) < 4.78 is 5.10. The van der Waals surface area contributed by atoms with Gasteiger partial charge in [0.05, 0.1) is 0 Å². The molecule has 1 fully saturated rings. The fourth-order valence-corrected chi connectivity index (χ4v) is 3.60. The van der Waals surface area contributed by atoms with Crippen molar-refractivity contribution < 1.29 is 9.59 Å². The molecule has 0 radical (unpaired) electrons. The molecule has 1 aliphatic heterocycles. The first-order valence-corrected chi connectivity index (χ1v) is 9.76. The standard InChI is InChI=1S/C19H29N3O2S/c1-13(2)18(23)15-7-9-16(10-8-15)20-17-6-5-11-22(12-17)25-21-19(24)14(3)4/h7-10,13-14,17,20H,5-6,11-12H2,1-4H3,(H,21,24). The first kappa shape index (κ1) is 19.8. The Balaban J connectivity index is 1.85. The van der Waals surface area contributed by atoms with E-state index in [0.717, 1.165) is 37.2 Å². The second kappa shape index (κ2) is 9.25. The van der Waals surface area contributed by atoms with E-state index in [-0.39, 0.29) is 23.5 Å². The van der Waals surface area contributed by atoms with Crippen molar-refractivity contribution >= 4 is 29.5 Å². The van der Waals surface area contributed by atoms with E-state index in [4.69, 9.17) is 0 Å². The minimum absolute atomic E-state index is 0.00160. The molecule has 1 aromatic rings. The summed E-state index contributed by atoms with van der Waals surface area (Å²) in [7, 11) is 0. The number of Topliss-reactive ketones (excluding diaryl/α,β-unsaturated/α-hetero) is 1. The molecule has 1 aromatic carbocycles. The van der Waals surface area contributed by atoms with Crippen LogP contribution in [0.25, 0.3) is 0 Å². The van der Waals surface area contributed by atoms with Gasteiger partial charge in [0.1, 0.15) is 0 Å². The van der Waals surface area contributed by atoms with Crippen molar-refractivity contribution in [1.82, 2.24) is 9.03 Å². The molecule has 0 aliphatic carbocycles. The lowest BCUT2D eigenvalue weighted by molar-refractivity contribution is -0.122. The van der Waals surface area contributed by atoms with Crippen molar-refractivity contribution in [3.63, 3.8) is 0 Å². The lowest BCUT2D eigenvalue weighted by Crippen LogP contribution is -2.40. The van der Waals surface area contributed by atoms with Crippen molar-refractivity contribution in [3.8, 4) is 0 Å². The highest BCUT2D eigenvalue weighted by molar-refractivity contribution is 7.95. The highest BCUT2D eigenvalue weighted by Gasteiger charge is 2.21. The zero-order chi connectivity index (χ0) is 18.4. The van der Waals surface area contributed by atoms with E-state index in [2.05, 4.69) is 14.3 Å². The predicted molar refractivity (Wildman–Crippen MR) is 104 cm³/mol. The number of anilines is 1. The van der Waals surface area contributed by atoms with E-state index in [9.17, 15) is 9.59 Å². The first-order chi connectivity index (χ1) is 11.9. The zero-order valence-electron chi connectivity index (χ0n) is 15.5. The fraction of sp³-hybridized carbons (Fsp3) is 0.579. The fourth-order valence-electron chi connectivity index (χ4n) is 2.67. The molecule has 138 valence electrons. The molecule has 6 heteroatoms. The summed E-state index contributed by atoms with van der Waals surface area (Å²) in [5.74, 6) is 0.250. The Bertz CT molecular complexity index is 587. The molecule has 1 atom stereocenters. The largest absolute Gasteiger partial charge is 0.381 e. The van der Waals surface area contributed by atoms with Crippen LogP contribution in [0.1, 0.15) is 50.9 Å². The number of carbonyl (C=O) groups is 2. The molecule has 1 unspecified atom stereocenters. The van der Waals surface area contributed by atoms with Crippen molar-refractivity contribution in [3.05, 3.63) is 29.8 Å². The van der Waals surface area contributed by atoms with E-state index >= 15 is 0 Å². The summed E-state index contributed by atoms with van der Waals surface area (Å²) in [6, 6.07) is 8.07. The van der Waals surface area contributed by atoms with Crippen LogP contribution in [-0.2, 0) is 4.79 Å². The van der Waals surface area contributed by atoms with Crippen LogP contribution in [0.4, 0.5) is 5.69 Å². The average molecular weight is 364 g/mol.